The largest absolute Gasteiger partial charge is 0.375 e. The van der Waals surface area contributed by atoms with E-state index in [9.17, 15) is 0 Å². The fourth-order valence-electron chi connectivity index (χ4n) is 6.01. The molecule has 2 aliphatic heterocycles. The highest BCUT2D eigenvalue weighted by molar-refractivity contribution is 6.09. The van der Waals surface area contributed by atoms with Gasteiger partial charge in [-0.2, -0.15) is 0 Å². The number of rotatable bonds is 8. The molecule has 3 heteroatoms. The number of benzene rings is 1. The molecule has 0 aromatic heterocycles. The maximum Gasteiger partial charge on any atom is 0.155 e. The Labute approximate surface area is 197 Å². The summed E-state index contributed by atoms with van der Waals surface area (Å²) in [4.78, 5) is 13.0. The van der Waals surface area contributed by atoms with E-state index in [1.165, 1.54) is 69.4 Å². The van der Waals surface area contributed by atoms with Gasteiger partial charge in [-0.25, -0.2) is 4.99 Å². The molecule has 3 rings (SSSR count). The molecule has 3 nitrogen and oxygen atoms in total. The van der Waals surface area contributed by atoms with E-state index in [0.717, 1.165) is 17.8 Å². The summed E-state index contributed by atoms with van der Waals surface area (Å²) in [5, 5.41) is 0. The van der Waals surface area contributed by atoms with E-state index in [2.05, 4.69) is 76.8 Å². The Bertz CT molecular complexity index is 835. The van der Waals surface area contributed by atoms with E-state index in [0.29, 0.717) is 11.8 Å². The van der Waals surface area contributed by atoms with Crippen LogP contribution in [0.25, 0.3) is 0 Å². The third kappa shape index (κ3) is 5.53. The van der Waals surface area contributed by atoms with Crippen LogP contribution in [-0.4, -0.2) is 35.1 Å². The van der Waals surface area contributed by atoms with E-state index in [4.69, 9.17) is 9.98 Å². The highest BCUT2D eigenvalue weighted by atomic mass is 15.1. The molecule has 32 heavy (non-hydrogen) atoms. The van der Waals surface area contributed by atoms with Gasteiger partial charge in [0.05, 0.1) is 5.54 Å². The normalized spacial score (nSPS) is 27.9. The lowest BCUT2D eigenvalue weighted by Gasteiger charge is -2.43. The van der Waals surface area contributed by atoms with Crippen LogP contribution in [0.1, 0.15) is 98.5 Å². The van der Waals surface area contributed by atoms with Gasteiger partial charge in [-0.15, -0.1) is 0 Å². The maximum atomic E-state index is 5.38. The summed E-state index contributed by atoms with van der Waals surface area (Å²) in [6.45, 7) is 16.3. The molecule has 176 valence electrons. The summed E-state index contributed by atoms with van der Waals surface area (Å²) in [7, 11) is 0. The molecule has 3 unspecified atom stereocenters. The molecule has 0 saturated heterocycles. The zero-order valence-corrected chi connectivity index (χ0v) is 21.5. The van der Waals surface area contributed by atoms with Crippen molar-refractivity contribution in [1.29, 1.82) is 0 Å². The molecule has 0 radical (unpaired) electrons. The first kappa shape index (κ1) is 24.7. The van der Waals surface area contributed by atoms with Gasteiger partial charge in [0.15, 0.2) is 5.84 Å². The van der Waals surface area contributed by atoms with Gasteiger partial charge in [0.2, 0.25) is 0 Å². The van der Waals surface area contributed by atoms with Gasteiger partial charge in [-0.1, -0.05) is 62.6 Å². The lowest BCUT2D eigenvalue weighted by molar-refractivity contribution is 0.202. The molecular formula is C29H45N3. The monoisotopic (exact) mass is 435 g/mol. The lowest BCUT2D eigenvalue weighted by atomic mass is 9.69. The predicted octanol–water partition coefficient (Wildman–Crippen LogP) is 7.67. The molecule has 0 amide bonds. The molecule has 3 atom stereocenters. The molecule has 1 aromatic carbocycles. The molecular weight excluding hydrogens is 390 g/mol. The van der Waals surface area contributed by atoms with E-state index in [1.54, 1.807) is 5.57 Å². The van der Waals surface area contributed by atoms with Crippen molar-refractivity contribution >= 4 is 11.5 Å². The summed E-state index contributed by atoms with van der Waals surface area (Å²) in [6.07, 6.45) is 10.1. The van der Waals surface area contributed by atoms with Gasteiger partial charge >= 0.3 is 0 Å². The molecule has 2 heterocycles. The van der Waals surface area contributed by atoms with Crippen molar-refractivity contribution in [3.8, 4) is 0 Å². The Morgan fingerprint density at radius 2 is 1.81 bits per heavy atom. The Kier molecular flexibility index (Phi) is 8.73. The molecule has 2 aliphatic rings. The molecule has 0 N–H and O–H groups in total. The lowest BCUT2D eigenvalue weighted by Crippen LogP contribution is -2.47. The van der Waals surface area contributed by atoms with Crippen LogP contribution in [0.3, 0.4) is 0 Å². The average molecular weight is 436 g/mol. The molecule has 0 saturated carbocycles. The van der Waals surface area contributed by atoms with Crippen LogP contribution in [0, 0.1) is 11.8 Å². The first-order valence-electron chi connectivity index (χ1n) is 13.0. The number of amidine groups is 1. The fourth-order valence-corrected chi connectivity index (χ4v) is 6.01. The number of nitrogens with zero attached hydrogens (tertiary/aromatic N) is 3. The van der Waals surface area contributed by atoms with Crippen molar-refractivity contribution in [2.24, 2.45) is 21.8 Å². The zero-order chi connectivity index (χ0) is 23.1. The van der Waals surface area contributed by atoms with Gasteiger partial charge in [0.1, 0.15) is 0 Å². The summed E-state index contributed by atoms with van der Waals surface area (Å²) in [5.41, 5.74) is 5.42. The number of aliphatic imine (C=N–C) groups is 2. The zero-order valence-electron chi connectivity index (χ0n) is 21.5. The first-order chi connectivity index (χ1) is 15.4. The summed E-state index contributed by atoms with van der Waals surface area (Å²) in [6, 6.07) is 10.5. The Hall–Kier alpha value is -1.90. The second kappa shape index (κ2) is 11.3. The Morgan fingerprint density at radius 1 is 1.06 bits per heavy atom. The SMILES string of the molecule is CCC(CCCN1CCCCC/C(C)=C\1C)C1(C)N=C(c2ccccc2)N=C(C)C1CC. The van der Waals surface area contributed by atoms with Crippen molar-refractivity contribution in [3.05, 3.63) is 47.2 Å². The molecule has 1 aromatic rings. The Balaban J connectivity index is 1.77. The maximum absolute atomic E-state index is 5.38. The summed E-state index contributed by atoms with van der Waals surface area (Å²) >= 11 is 0. The number of hydrogen-bond donors (Lipinski definition) is 0. The minimum absolute atomic E-state index is 0.0857. The highest BCUT2D eigenvalue weighted by Crippen LogP contribution is 2.41. The first-order valence-corrected chi connectivity index (χ1v) is 13.0. The van der Waals surface area contributed by atoms with Crippen LogP contribution in [0.2, 0.25) is 0 Å². The standard InChI is InChI=1S/C29H45N3/c1-7-26(19-15-21-32-20-14-10-11-16-22(3)24(32)5)29(6)27(8-2)23(4)30-28(31-29)25-17-12-9-13-18-25/h9,12-13,17-18,26-27H,7-8,10-11,14-16,19-21H2,1-6H3/b24-22-. The van der Waals surface area contributed by atoms with E-state index in [-0.39, 0.29) is 5.54 Å². The van der Waals surface area contributed by atoms with Crippen molar-refractivity contribution in [2.75, 3.05) is 13.1 Å². The van der Waals surface area contributed by atoms with Gasteiger partial charge in [0.25, 0.3) is 0 Å². The minimum Gasteiger partial charge on any atom is -0.375 e. The van der Waals surface area contributed by atoms with Gasteiger partial charge in [-0.05, 0) is 72.1 Å². The van der Waals surface area contributed by atoms with Crippen molar-refractivity contribution in [2.45, 2.75) is 98.4 Å². The van der Waals surface area contributed by atoms with Crippen molar-refractivity contribution in [3.63, 3.8) is 0 Å². The quantitative estimate of drug-likeness (QED) is 0.412. The van der Waals surface area contributed by atoms with Crippen LogP contribution in [-0.2, 0) is 0 Å². The molecule has 0 spiro atoms. The van der Waals surface area contributed by atoms with Crippen LogP contribution in [0.4, 0.5) is 0 Å². The predicted molar refractivity (Wildman–Crippen MR) is 140 cm³/mol. The smallest absolute Gasteiger partial charge is 0.155 e. The van der Waals surface area contributed by atoms with Crippen LogP contribution < -0.4 is 0 Å². The van der Waals surface area contributed by atoms with Crippen LogP contribution in [0.15, 0.2) is 51.6 Å². The van der Waals surface area contributed by atoms with E-state index >= 15 is 0 Å². The van der Waals surface area contributed by atoms with Gasteiger partial charge in [0, 0.05) is 36.0 Å². The third-order valence-electron chi connectivity index (χ3n) is 8.15. The average Bonchev–Trinajstić information content (AvgIpc) is 2.79. The highest BCUT2D eigenvalue weighted by Gasteiger charge is 2.43. The van der Waals surface area contributed by atoms with Crippen LogP contribution >= 0.6 is 0 Å². The minimum atomic E-state index is -0.0857. The molecule has 0 bridgehead atoms. The van der Waals surface area contributed by atoms with E-state index < -0.39 is 0 Å². The van der Waals surface area contributed by atoms with E-state index in [1.807, 2.05) is 0 Å². The summed E-state index contributed by atoms with van der Waals surface area (Å²) < 4.78 is 0. The molecule has 0 fully saturated rings. The number of allylic oxidation sites excluding steroid dienone is 2. The van der Waals surface area contributed by atoms with Crippen LogP contribution in [0.5, 0.6) is 0 Å². The second-order valence-corrected chi connectivity index (χ2v) is 10.2. The summed E-state index contributed by atoms with van der Waals surface area (Å²) in [5.74, 6) is 1.91. The van der Waals surface area contributed by atoms with Crippen molar-refractivity contribution < 1.29 is 0 Å². The van der Waals surface area contributed by atoms with Gasteiger partial charge in [-0.3, -0.25) is 4.99 Å². The number of hydrogen-bond acceptors (Lipinski definition) is 3. The second-order valence-electron chi connectivity index (χ2n) is 10.2. The molecule has 0 aliphatic carbocycles. The van der Waals surface area contributed by atoms with Gasteiger partial charge < -0.3 is 4.90 Å². The topological polar surface area (TPSA) is 28.0 Å². The third-order valence-corrected chi connectivity index (χ3v) is 8.15. The fraction of sp³-hybridized carbons (Fsp3) is 0.655. The Morgan fingerprint density at radius 3 is 2.50 bits per heavy atom. The van der Waals surface area contributed by atoms with Crippen molar-refractivity contribution in [1.82, 2.24) is 4.90 Å².